The van der Waals surface area contributed by atoms with Crippen LogP contribution in [0.3, 0.4) is 0 Å². The molecule has 0 saturated carbocycles. The third-order valence-corrected chi connectivity index (χ3v) is 7.37. The summed E-state index contributed by atoms with van der Waals surface area (Å²) in [4.78, 5) is 21.4. The number of hydrogen-bond donors (Lipinski definition) is 2. The molecule has 2 aliphatic rings. The summed E-state index contributed by atoms with van der Waals surface area (Å²) in [5, 5.41) is 4.68. The highest BCUT2D eigenvalue weighted by atomic mass is 35.5. The smallest absolute Gasteiger partial charge is 0.179 e. The van der Waals surface area contributed by atoms with Crippen LogP contribution in [0.15, 0.2) is 40.5 Å². The van der Waals surface area contributed by atoms with E-state index in [0.29, 0.717) is 34.6 Å². The van der Waals surface area contributed by atoms with Crippen molar-refractivity contribution in [1.82, 2.24) is 25.3 Å². The summed E-state index contributed by atoms with van der Waals surface area (Å²) in [5.74, 6) is 1.28. The van der Waals surface area contributed by atoms with Gasteiger partial charge >= 0.3 is 0 Å². The zero-order chi connectivity index (χ0) is 20.0. The average Bonchev–Trinajstić information content (AvgIpc) is 3.00. The van der Waals surface area contributed by atoms with Crippen LogP contribution in [0.5, 0.6) is 0 Å². The van der Waals surface area contributed by atoms with Gasteiger partial charge in [-0.25, -0.2) is 19.9 Å². The summed E-state index contributed by atoms with van der Waals surface area (Å²) in [7, 11) is 2.06. The van der Waals surface area contributed by atoms with Crippen molar-refractivity contribution in [3.05, 3.63) is 35.6 Å². The largest absolute Gasteiger partial charge is 0.382 e. The number of nitrogens with two attached hydrogens (primary N) is 1. The Bertz CT molecular complexity index is 1050. The van der Waals surface area contributed by atoms with Gasteiger partial charge in [-0.05, 0) is 50.9 Å². The topological polar surface area (TPSA) is 92.8 Å². The van der Waals surface area contributed by atoms with E-state index in [-0.39, 0.29) is 0 Å². The molecule has 7 nitrogen and oxygen atoms in total. The molecule has 5 heterocycles. The number of hydrogen-bond acceptors (Lipinski definition) is 8. The standard InChI is InChI=1S/C20H22ClN7S/c1-23-11-8-12-2-3-13(9-11)28(12)16-10-25-20-14(26-16)4-5-17(27-20)29-15-6-7-24-19(22)18(15)21/h4-7,10-13,23H,2-3,8-9H2,1H3,(H2,22,24)/t12-,13-/m0/s1. The highest BCUT2D eigenvalue weighted by molar-refractivity contribution is 7.99. The Hall–Kier alpha value is -2.16. The molecule has 3 aromatic rings. The van der Waals surface area contributed by atoms with Crippen molar-refractivity contribution >= 4 is 46.2 Å². The Morgan fingerprint density at radius 1 is 1.14 bits per heavy atom. The molecule has 3 N–H and O–H groups in total. The molecule has 9 heteroatoms. The molecular weight excluding hydrogens is 406 g/mol. The fraction of sp³-hybridized carbons (Fsp3) is 0.400. The molecule has 0 unspecified atom stereocenters. The third kappa shape index (κ3) is 3.49. The zero-order valence-corrected chi connectivity index (χ0v) is 17.6. The second-order valence-corrected chi connectivity index (χ2v) is 9.02. The van der Waals surface area contributed by atoms with Gasteiger partial charge in [0.15, 0.2) is 5.65 Å². The van der Waals surface area contributed by atoms with Crippen LogP contribution in [0.1, 0.15) is 25.7 Å². The van der Waals surface area contributed by atoms with E-state index in [2.05, 4.69) is 32.2 Å². The SMILES string of the molecule is CNC1C[C@@H]2CC[C@@H](C1)N2c1cnc2nc(Sc3ccnc(N)c3Cl)ccc2n1. The summed E-state index contributed by atoms with van der Waals surface area (Å²) in [6.07, 6.45) is 8.29. The number of nitrogens with zero attached hydrogens (tertiary/aromatic N) is 5. The van der Waals surface area contributed by atoms with Crippen LogP contribution in [0.4, 0.5) is 11.6 Å². The lowest BCUT2D eigenvalue weighted by Crippen LogP contribution is -2.48. The van der Waals surface area contributed by atoms with E-state index < -0.39 is 0 Å². The second kappa shape index (κ2) is 7.59. The second-order valence-electron chi connectivity index (χ2n) is 7.58. The highest BCUT2D eigenvalue weighted by Gasteiger charge is 2.41. The Labute approximate surface area is 178 Å². The Morgan fingerprint density at radius 3 is 2.69 bits per heavy atom. The van der Waals surface area contributed by atoms with E-state index in [0.717, 1.165) is 34.1 Å². The number of aromatic nitrogens is 4. The predicted octanol–water partition coefficient (Wildman–Crippen LogP) is 3.53. The minimum Gasteiger partial charge on any atom is -0.382 e. The van der Waals surface area contributed by atoms with E-state index in [1.165, 1.54) is 24.6 Å². The number of fused-ring (bicyclic) bond motifs is 3. The first-order chi connectivity index (χ1) is 14.1. The van der Waals surface area contributed by atoms with Gasteiger partial charge < -0.3 is 16.0 Å². The van der Waals surface area contributed by atoms with Crippen molar-refractivity contribution in [1.29, 1.82) is 0 Å². The average molecular weight is 428 g/mol. The lowest BCUT2D eigenvalue weighted by molar-refractivity contribution is 0.372. The van der Waals surface area contributed by atoms with Crippen molar-refractivity contribution in [2.75, 3.05) is 17.7 Å². The molecule has 0 spiro atoms. The van der Waals surface area contributed by atoms with Gasteiger partial charge in [-0.3, -0.25) is 0 Å². The monoisotopic (exact) mass is 427 g/mol. The molecule has 0 radical (unpaired) electrons. The van der Waals surface area contributed by atoms with Crippen LogP contribution in [0, 0.1) is 0 Å². The molecule has 150 valence electrons. The Balaban J connectivity index is 1.41. The lowest BCUT2D eigenvalue weighted by atomic mass is 9.97. The minimum atomic E-state index is 0.318. The number of pyridine rings is 2. The molecule has 2 bridgehead atoms. The summed E-state index contributed by atoms with van der Waals surface area (Å²) >= 11 is 7.69. The van der Waals surface area contributed by atoms with E-state index in [4.69, 9.17) is 22.3 Å². The van der Waals surface area contributed by atoms with Crippen LogP contribution in [-0.4, -0.2) is 45.1 Å². The minimum absolute atomic E-state index is 0.318. The van der Waals surface area contributed by atoms with Crippen LogP contribution in [0.2, 0.25) is 5.02 Å². The molecule has 2 fully saturated rings. The quantitative estimate of drug-likeness (QED) is 0.653. The molecule has 0 amide bonds. The molecule has 0 aliphatic carbocycles. The molecule has 2 aliphatic heterocycles. The van der Waals surface area contributed by atoms with Crippen LogP contribution < -0.4 is 16.0 Å². The van der Waals surface area contributed by atoms with Crippen molar-refractivity contribution in [2.24, 2.45) is 0 Å². The summed E-state index contributed by atoms with van der Waals surface area (Å²) in [6, 6.07) is 7.43. The number of rotatable bonds is 4. The normalized spacial score (nSPS) is 23.7. The predicted molar refractivity (Wildman–Crippen MR) is 116 cm³/mol. The number of nitrogen functional groups attached to an aromatic ring is 1. The van der Waals surface area contributed by atoms with Gasteiger partial charge in [0.05, 0.1) is 11.2 Å². The van der Waals surface area contributed by atoms with Crippen LogP contribution >= 0.6 is 23.4 Å². The van der Waals surface area contributed by atoms with Crippen LogP contribution in [-0.2, 0) is 0 Å². The van der Waals surface area contributed by atoms with Gasteiger partial charge in [-0.2, -0.15) is 0 Å². The van der Waals surface area contributed by atoms with Gasteiger partial charge in [0.1, 0.15) is 22.2 Å². The molecule has 5 rings (SSSR count). The first kappa shape index (κ1) is 18.8. The summed E-state index contributed by atoms with van der Waals surface area (Å²) in [5.41, 5.74) is 7.23. The lowest BCUT2D eigenvalue weighted by Gasteiger charge is -2.39. The van der Waals surface area contributed by atoms with Crippen molar-refractivity contribution in [3.63, 3.8) is 0 Å². The Morgan fingerprint density at radius 2 is 1.93 bits per heavy atom. The van der Waals surface area contributed by atoms with Gasteiger partial charge in [0, 0.05) is 29.2 Å². The highest BCUT2D eigenvalue weighted by Crippen LogP contribution is 2.39. The summed E-state index contributed by atoms with van der Waals surface area (Å²) < 4.78 is 0. The van der Waals surface area contributed by atoms with Gasteiger partial charge in [0.2, 0.25) is 0 Å². The number of piperidine rings is 1. The fourth-order valence-electron chi connectivity index (χ4n) is 4.48. The van der Waals surface area contributed by atoms with Crippen molar-refractivity contribution in [2.45, 2.75) is 53.7 Å². The maximum atomic E-state index is 6.25. The van der Waals surface area contributed by atoms with E-state index >= 15 is 0 Å². The molecule has 2 atom stereocenters. The van der Waals surface area contributed by atoms with E-state index in [1.54, 1.807) is 6.20 Å². The summed E-state index contributed by atoms with van der Waals surface area (Å²) in [6.45, 7) is 0. The molecule has 29 heavy (non-hydrogen) atoms. The van der Waals surface area contributed by atoms with Gasteiger partial charge in [-0.15, -0.1) is 0 Å². The zero-order valence-electron chi connectivity index (χ0n) is 16.0. The number of nitrogens with one attached hydrogen (secondary N) is 1. The molecule has 3 aromatic heterocycles. The maximum absolute atomic E-state index is 6.25. The number of halogens is 1. The first-order valence-corrected chi connectivity index (χ1v) is 11.0. The van der Waals surface area contributed by atoms with Crippen LogP contribution in [0.25, 0.3) is 11.2 Å². The van der Waals surface area contributed by atoms with Crippen molar-refractivity contribution < 1.29 is 0 Å². The van der Waals surface area contributed by atoms with Crippen molar-refractivity contribution in [3.8, 4) is 0 Å². The fourth-order valence-corrected chi connectivity index (χ4v) is 5.52. The molecular formula is C20H22ClN7S. The van der Waals surface area contributed by atoms with Gasteiger partial charge in [-0.1, -0.05) is 23.4 Å². The third-order valence-electron chi connectivity index (χ3n) is 5.87. The van der Waals surface area contributed by atoms with Gasteiger partial charge in [0.25, 0.3) is 0 Å². The molecule has 2 saturated heterocycles. The van der Waals surface area contributed by atoms with E-state index in [9.17, 15) is 0 Å². The maximum Gasteiger partial charge on any atom is 0.179 e. The molecule has 0 aromatic carbocycles. The number of anilines is 2. The Kier molecular flexibility index (Phi) is 4.93. The van der Waals surface area contributed by atoms with E-state index in [1.807, 2.05) is 24.4 Å². The first-order valence-electron chi connectivity index (χ1n) is 9.79.